The van der Waals surface area contributed by atoms with Crippen LogP contribution in [0.2, 0.25) is 0 Å². The molecule has 0 amide bonds. The van der Waals surface area contributed by atoms with E-state index in [4.69, 9.17) is 4.98 Å². The molecular weight excluding hydrogens is 527 g/mol. The molecule has 2 aromatic heterocycles. The highest BCUT2D eigenvalue weighted by Crippen LogP contribution is 2.35. The number of pyridine rings is 1. The van der Waals surface area contributed by atoms with Gasteiger partial charge in [-0.25, -0.2) is 12.8 Å². The molecule has 0 atom stereocenters. The number of hydrogen-bond donors (Lipinski definition) is 1. The standard InChI is InChI=1S/C31H37FN4O3S/c1-21-28-27(34(4)30(29(28)32)24-10-12-25(13-11-24)40(5,38)39)18-26(33-21)23-8-6-22(7-9-23)19-35-14-16-36(17-15-35)20-31(2,3)37/h6-13,18,37H,14-17,19-20H2,1-5H3. The lowest BCUT2D eigenvalue weighted by Gasteiger charge is -2.37. The number of piperazine rings is 1. The molecule has 40 heavy (non-hydrogen) atoms. The molecular formula is C31H37FN4O3S. The number of halogens is 1. The minimum absolute atomic E-state index is 0.201. The summed E-state index contributed by atoms with van der Waals surface area (Å²) >= 11 is 0. The van der Waals surface area contributed by atoms with E-state index in [9.17, 15) is 13.5 Å². The Labute approximate surface area is 235 Å². The molecule has 9 heteroatoms. The molecule has 1 N–H and O–H groups in total. The third-order valence-electron chi connectivity index (χ3n) is 7.59. The smallest absolute Gasteiger partial charge is 0.175 e. The second-order valence-corrected chi connectivity index (χ2v) is 13.6. The van der Waals surface area contributed by atoms with Crippen molar-refractivity contribution in [1.29, 1.82) is 0 Å². The summed E-state index contributed by atoms with van der Waals surface area (Å²) in [6, 6.07) is 16.6. The highest BCUT2D eigenvalue weighted by atomic mass is 32.2. The van der Waals surface area contributed by atoms with Crippen LogP contribution in [0.15, 0.2) is 59.5 Å². The van der Waals surface area contributed by atoms with Crippen LogP contribution >= 0.6 is 0 Å². The highest BCUT2D eigenvalue weighted by molar-refractivity contribution is 7.90. The Morgan fingerprint density at radius 3 is 2.10 bits per heavy atom. The van der Waals surface area contributed by atoms with Gasteiger partial charge in [0, 0.05) is 63.7 Å². The van der Waals surface area contributed by atoms with Crippen LogP contribution in [0.1, 0.15) is 25.1 Å². The number of fused-ring (bicyclic) bond motifs is 1. The Balaban J connectivity index is 1.36. The van der Waals surface area contributed by atoms with Crippen LogP contribution in [-0.4, -0.2) is 77.5 Å². The van der Waals surface area contributed by atoms with E-state index in [2.05, 4.69) is 34.1 Å². The average molecular weight is 565 g/mol. The van der Waals surface area contributed by atoms with Crippen LogP contribution in [0.5, 0.6) is 0 Å². The number of aromatic nitrogens is 2. The van der Waals surface area contributed by atoms with Gasteiger partial charge in [-0.2, -0.15) is 0 Å². The topological polar surface area (TPSA) is 78.7 Å². The summed E-state index contributed by atoms with van der Waals surface area (Å²) in [5.74, 6) is -0.362. The van der Waals surface area contributed by atoms with Gasteiger partial charge < -0.3 is 9.67 Å². The van der Waals surface area contributed by atoms with Crippen LogP contribution < -0.4 is 0 Å². The van der Waals surface area contributed by atoms with E-state index < -0.39 is 15.4 Å². The molecule has 1 fully saturated rings. The molecule has 0 saturated carbocycles. The van der Waals surface area contributed by atoms with Crippen LogP contribution in [0.3, 0.4) is 0 Å². The quantitative estimate of drug-likeness (QED) is 0.352. The summed E-state index contributed by atoms with van der Waals surface area (Å²) in [6.07, 6.45) is 1.16. The summed E-state index contributed by atoms with van der Waals surface area (Å²) in [6.45, 7) is 10.9. The maximum atomic E-state index is 15.7. The lowest BCUT2D eigenvalue weighted by Crippen LogP contribution is -2.50. The van der Waals surface area contributed by atoms with Gasteiger partial charge in [-0.05, 0) is 44.5 Å². The normalized spacial score (nSPS) is 15.7. The lowest BCUT2D eigenvalue weighted by atomic mass is 10.1. The Kier molecular flexibility index (Phi) is 7.60. The maximum absolute atomic E-state index is 15.7. The van der Waals surface area contributed by atoms with Gasteiger partial charge in [0.1, 0.15) is 0 Å². The van der Waals surface area contributed by atoms with Crippen molar-refractivity contribution in [2.45, 2.75) is 37.8 Å². The average Bonchev–Trinajstić information content (AvgIpc) is 3.14. The number of aliphatic hydroxyl groups is 1. The van der Waals surface area contributed by atoms with E-state index in [1.807, 2.05) is 38.5 Å². The van der Waals surface area contributed by atoms with Gasteiger partial charge in [0.25, 0.3) is 0 Å². The van der Waals surface area contributed by atoms with E-state index in [-0.39, 0.29) is 10.7 Å². The molecule has 1 aliphatic rings. The summed E-state index contributed by atoms with van der Waals surface area (Å²) in [7, 11) is -1.51. The molecule has 1 saturated heterocycles. The third-order valence-corrected chi connectivity index (χ3v) is 8.72. The van der Waals surface area contributed by atoms with E-state index in [1.165, 1.54) is 17.7 Å². The first-order valence-corrected chi connectivity index (χ1v) is 15.4. The number of rotatable bonds is 7. The molecule has 5 rings (SSSR count). The zero-order valence-electron chi connectivity index (χ0n) is 23.8. The van der Waals surface area contributed by atoms with Crippen molar-refractivity contribution in [3.63, 3.8) is 0 Å². The monoisotopic (exact) mass is 564 g/mol. The summed E-state index contributed by atoms with van der Waals surface area (Å²) in [5.41, 5.74) is 4.63. The van der Waals surface area contributed by atoms with E-state index >= 15 is 4.39 Å². The zero-order chi connectivity index (χ0) is 28.8. The first-order chi connectivity index (χ1) is 18.8. The number of sulfone groups is 1. The third kappa shape index (κ3) is 5.98. The summed E-state index contributed by atoms with van der Waals surface area (Å²) in [4.78, 5) is 9.69. The van der Waals surface area contributed by atoms with Crippen molar-refractivity contribution in [1.82, 2.24) is 19.4 Å². The Morgan fingerprint density at radius 2 is 1.52 bits per heavy atom. The van der Waals surface area contributed by atoms with Crippen molar-refractivity contribution in [2.75, 3.05) is 39.0 Å². The SMILES string of the molecule is Cc1nc(-c2ccc(CN3CCN(CC(C)(C)O)CC3)cc2)cc2c1c(F)c(-c1ccc(S(C)(=O)=O)cc1)n2C. The van der Waals surface area contributed by atoms with E-state index in [1.54, 1.807) is 12.1 Å². The predicted molar refractivity (Wildman–Crippen MR) is 157 cm³/mol. The van der Waals surface area contributed by atoms with Crippen LogP contribution in [0, 0.1) is 12.7 Å². The molecule has 212 valence electrons. The minimum Gasteiger partial charge on any atom is -0.389 e. The Hall–Kier alpha value is -3.11. The molecule has 0 unspecified atom stereocenters. The van der Waals surface area contributed by atoms with Crippen molar-refractivity contribution in [3.05, 3.63) is 71.7 Å². The van der Waals surface area contributed by atoms with Gasteiger partial charge in [-0.3, -0.25) is 14.8 Å². The molecule has 0 bridgehead atoms. The van der Waals surface area contributed by atoms with Crippen LogP contribution in [0.4, 0.5) is 4.39 Å². The largest absolute Gasteiger partial charge is 0.389 e. The van der Waals surface area contributed by atoms with Crippen LogP contribution in [-0.2, 0) is 23.4 Å². The summed E-state index contributed by atoms with van der Waals surface area (Å²) in [5, 5.41) is 10.5. The minimum atomic E-state index is -3.33. The maximum Gasteiger partial charge on any atom is 0.175 e. The second kappa shape index (κ2) is 10.7. The number of benzene rings is 2. The fourth-order valence-corrected chi connectivity index (χ4v) is 6.23. The fourth-order valence-electron chi connectivity index (χ4n) is 5.60. The highest BCUT2D eigenvalue weighted by Gasteiger charge is 2.23. The number of hydrogen-bond acceptors (Lipinski definition) is 6. The zero-order valence-corrected chi connectivity index (χ0v) is 24.6. The van der Waals surface area contributed by atoms with Gasteiger partial charge in [0.05, 0.1) is 38.5 Å². The predicted octanol–water partition coefficient (Wildman–Crippen LogP) is 4.65. The molecule has 2 aromatic carbocycles. The van der Waals surface area contributed by atoms with Crippen molar-refractivity contribution >= 4 is 20.7 Å². The second-order valence-electron chi connectivity index (χ2n) is 11.6. The lowest BCUT2D eigenvalue weighted by molar-refractivity contribution is 0.0167. The molecule has 0 radical (unpaired) electrons. The summed E-state index contributed by atoms with van der Waals surface area (Å²) < 4.78 is 41.2. The molecule has 1 aliphatic heterocycles. The van der Waals surface area contributed by atoms with Gasteiger partial charge in [-0.15, -0.1) is 0 Å². The van der Waals surface area contributed by atoms with Crippen LogP contribution in [0.25, 0.3) is 33.4 Å². The van der Waals surface area contributed by atoms with Gasteiger partial charge >= 0.3 is 0 Å². The van der Waals surface area contributed by atoms with Crippen molar-refractivity contribution in [2.24, 2.45) is 7.05 Å². The molecule has 3 heterocycles. The Bertz CT molecular complexity index is 1630. The van der Waals surface area contributed by atoms with Gasteiger partial charge in [0.2, 0.25) is 0 Å². The number of nitrogens with zero attached hydrogens (tertiary/aromatic N) is 4. The number of aryl methyl sites for hydroxylation is 2. The molecule has 0 spiro atoms. The molecule has 0 aliphatic carbocycles. The van der Waals surface area contributed by atoms with Crippen molar-refractivity contribution < 1.29 is 17.9 Å². The first kappa shape index (κ1) is 28.4. The molecule has 7 nitrogen and oxygen atoms in total. The fraction of sp³-hybridized carbons (Fsp3) is 0.387. The Morgan fingerprint density at radius 1 is 0.950 bits per heavy atom. The molecule has 4 aromatic rings. The van der Waals surface area contributed by atoms with Gasteiger partial charge in [0.15, 0.2) is 15.7 Å². The van der Waals surface area contributed by atoms with E-state index in [0.717, 1.165) is 55.8 Å². The van der Waals surface area contributed by atoms with Crippen molar-refractivity contribution in [3.8, 4) is 22.5 Å². The first-order valence-electron chi connectivity index (χ1n) is 13.5. The van der Waals surface area contributed by atoms with Gasteiger partial charge in [-0.1, -0.05) is 36.4 Å². The van der Waals surface area contributed by atoms with E-state index in [0.29, 0.717) is 28.9 Å². The number of β-amino-alcohol motifs (C(OH)–C–C–N with tert-alkyl or cyclic N) is 1.